The van der Waals surface area contributed by atoms with Crippen molar-refractivity contribution in [2.24, 2.45) is 5.92 Å². The Morgan fingerprint density at radius 1 is 1.50 bits per heavy atom. The first kappa shape index (κ1) is 13.5. The summed E-state index contributed by atoms with van der Waals surface area (Å²) in [5.41, 5.74) is 0. The molecule has 1 N–H and O–H groups in total. The highest BCUT2D eigenvalue weighted by atomic mass is 15.2. The molecule has 1 saturated heterocycles. The maximum Gasteiger partial charge on any atom is 0.0712 e. The third-order valence-electron chi connectivity index (χ3n) is 3.46. The van der Waals surface area contributed by atoms with Gasteiger partial charge in [0.25, 0.3) is 0 Å². The summed E-state index contributed by atoms with van der Waals surface area (Å²) in [5, 5.41) is 3.62. The summed E-state index contributed by atoms with van der Waals surface area (Å²) in [6.45, 7) is 10.2. The summed E-state index contributed by atoms with van der Waals surface area (Å²) >= 11 is 0. The minimum absolute atomic E-state index is 0.339. The number of hydrogen-bond acceptors (Lipinski definition) is 2. The Bertz CT molecular complexity index is 229. The molecule has 2 unspecified atom stereocenters. The van der Waals surface area contributed by atoms with Gasteiger partial charge in [-0.1, -0.05) is 33.1 Å². The van der Waals surface area contributed by atoms with E-state index in [9.17, 15) is 0 Å². The van der Waals surface area contributed by atoms with Crippen molar-refractivity contribution in [3.8, 4) is 12.3 Å². The fraction of sp³-hybridized carbons (Fsp3) is 0.857. The Balaban J connectivity index is 2.60. The van der Waals surface area contributed by atoms with E-state index in [2.05, 4.69) is 36.9 Å². The number of terminal acetylenes is 1. The average molecular weight is 222 g/mol. The Kier molecular flexibility index (Phi) is 5.87. The van der Waals surface area contributed by atoms with Gasteiger partial charge in [0.1, 0.15) is 0 Å². The van der Waals surface area contributed by atoms with Crippen LogP contribution < -0.4 is 5.32 Å². The highest BCUT2D eigenvalue weighted by Gasteiger charge is 2.23. The van der Waals surface area contributed by atoms with Gasteiger partial charge in [0.2, 0.25) is 0 Å². The zero-order valence-corrected chi connectivity index (χ0v) is 11.0. The van der Waals surface area contributed by atoms with Crippen LogP contribution >= 0.6 is 0 Å². The Hall–Kier alpha value is -0.520. The molecule has 1 rings (SSSR count). The van der Waals surface area contributed by atoms with Crippen molar-refractivity contribution >= 4 is 0 Å². The van der Waals surface area contributed by atoms with Crippen LogP contribution in [0.3, 0.4) is 0 Å². The fourth-order valence-electron chi connectivity index (χ4n) is 2.35. The first-order chi connectivity index (χ1) is 7.69. The molecule has 0 aliphatic carbocycles. The van der Waals surface area contributed by atoms with Crippen molar-refractivity contribution in [1.29, 1.82) is 0 Å². The standard InChI is InChI=1S/C14H26N2/c1-5-8-13(6-2)16-10-7-9-15-14(11-16)12(3)4/h2,12-15H,5,7-11H2,1,3-4H3. The quantitative estimate of drug-likeness (QED) is 0.733. The van der Waals surface area contributed by atoms with Gasteiger partial charge in [-0.05, 0) is 25.3 Å². The molecule has 2 heteroatoms. The van der Waals surface area contributed by atoms with Gasteiger partial charge in [-0.25, -0.2) is 0 Å². The summed E-state index contributed by atoms with van der Waals surface area (Å²) < 4.78 is 0. The molecule has 0 bridgehead atoms. The smallest absolute Gasteiger partial charge is 0.0712 e. The lowest BCUT2D eigenvalue weighted by Crippen LogP contribution is -2.44. The van der Waals surface area contributed by atoms with E-state index in [1.165, 1.54) is 12.8 Å². The second-order valence-electron chi connectivity index (χ2n) is 5.12. The van der Waals surface area contributed by atoms with Crippen molar-refractivity contribution in [1.82, 2.24) is 10.2 Å². The topological polar surface area (TPSA) is 15.3 Å². The maximum absolute atomic E-state index is 5.65. The van der Waals surface area contributed by atoms with Gasteiger partial charge in [0, 0.05) is 19.1 Å². The van der Waals surface area contributed by atoms with Crippen molar-refractivity contribution in [2.45, 2.75) is 52.1 Å². The zero-order valence-electron chi connectivity index (χ0n) is 11.0. The Morgan fingerprint density at radius 2 is 2.25 bits per heavy atom. The lowest BCUT2D eigenvalue weighted by molar-refractivity contribution is 0.206. The molecule has 1 aliphatic heterocycles. The van der Waals surface area contributed by atoms with Gasteiger partial charge >= 0.3 is 0 Å². The predicted octanol–water partition coefficient (Wildman–Crippen LogP) is 2.11. The molecule has 1 heterocycles. The number of nitrogens with one attached hydrogen (secondary N) is 1. The molecule has 0 amide bonds. The van der Waals surface area contributed by atoms with Crippen LogP contribution in [-0.2, 0) is 0 Å². The van der Waals surface area contributed by atoms with Crippen molar-refractivity contribution in [2.75, 3.05) is 19.6 Å². The van der Waals surface area contributed by atoms with Crippen molar-refractivity contribution < 1.29 is 0 Å². The summed E-state index contributed by atoms with van der Waals surface area (Å²) in [6.07, 6.45) is 9.16. The summed E-state index contributed by atoms with van der Waals surface area (Å²) in [6, 6.07) is 0.932. The zero-order chi connectivity index (χ0) is 12.0. The first-order valence-electron chi connectivity index (χ1n) is 6.62. The van der Waals surface area contributed by atoms with Gasteiger partial charge < -0.3 is 5.32 Å². The third-order valence-corrected chi connectivity index (χ3v) is 3.46. The minimum Gasteiger partial charge on any atom is -0.312 e. The third kappa shape index (κ3) is 3.81. The summed E-state index contributed by atoms with van der Waals surface area (Å²) in [5.74, 6) is 3.64. The molecule has 16 heavy (non-hydrogen) atoms. The maximum atomic E-state index is 5.65. The van der Waals surface area contributed by atoms with Crippen LogP contribution in [0, 0.1) is 18.3 Å². The van der Waals surface area contributed by atoms with Crippen LogP contribution in [0.2, 0.25) is 0 Å². The van der Waals surface area contributed by atoms with E-state index in [0.29, 0.717) is 18.0 Å². The molecule has 92 valence electrons. The molecule has 0 spiro atoms. The molecular formula is C14H26N2. The lowest BCUT2D eigenvalue weighted by Gasteiger charge is -2.30. The molecule has 0 aromatic rings. The molecule has 1 fully saturated rings. The van der Waals surface area contributed by atoms with Gasteiger partial charge in [-0.3, -0.25) is 4.90 Å². The number of rotatable bonds is 4. The van der Waals surface area contributed by atoms with Crippen LogP contribution in [0.5, 0.6) is 0 Å². The van der Waals surface area contributed by atoms with Crippen LogP contribution in [0.15, 0.2) is 0 Å². The average Bonchev–Trinajstić information content (AvgIpc) is 2.51. The molecule has 0 saturated carbocycles. The molecule has 2 nitrogen and oxygen atoms in total. The Labute approximate surface area is 101 Å². The molecule has 2 atom stereocenters. The van der Waals surface area contributed by atoms with Crippen molar-refractivity contribution in [3.63, 3.8) is 0 Å². The second kappa shape index (κ2) is 6.93. The highest BCUT2D eigenvalue weighted by Crippen LogP contribution is 2.13. The fourth-order valence-corrected chi connectivity index (χ4v) is 2.35. The normalized spacial score (nSPS) is 25.1. The minimum atomic E-state index is 0.339. The molecule has 0 aromatic heterocycles. The predicted molar refractivity (Wildman–Crippen MR) is 70.3 cm³/mol. The van der Waals surface area contributed by atoms with E-state index in [4.69, 9.17) is 6.42 Å². The van der Waals surface area contributed by atoms with E-state index in [0.717, 1.165) is 26.1 Å². The number of nitrogens with zero attached hydrogens (tertiary/aromatic N) is 1. The van der Waals surface area contributed by atoms with Gasteiger partial charge in [0.05, 0.1) is 6.04 Å². The largest absolute Gasteiger partial charge is 0.312 e. The van der Waals surface area contributed by atoms with E-state index in [1.807, 2.05) is 0 Å². The summed E-state index contributed by atoms with van der Waals surface area (Å²) in [7, 11) is 0. The monoisotopic (exact) mass is 222 g/mol. The molecule has 0 aromatic carbocycles. The SMILES string of the molecule is C#CC(CCC)N1CCCNC(C(C)C)C1. The van der Waals surface area contributed by atoms with Crippen LogP contribution in [0.1, 0.15) is 40.0 Å². The Morgan fingerprint density at radius 3 is 2.81 bits per heavy atom. The van der Waals surface area contributed by atoms with E-state index in [1.54, 1.807) is 0 Å². The molecule has 0 radical (unpaired) electrons. The molecular weight excluding hydrogens is 196 g/mol. The molecule has 1 aliphatic rings. The highest BCUT2D eigenvalue weighted by molar-refractivity contribution is 5.01. The number of hydrogen-bond donors (Lipinski definition) is 1. The summed E-state index contributed by atoms with van der Waals surface area (Å²) in [4.78, 5) is 2.49. The van der Waals surface area contributed by atoms with E-state index in [-0.39, 0.29) is 0 Å². The van der Waals surface area contributed by atoms with E-state index < -0.39 is 0 Å². The van der Waals surface area contributed by atoms with Crippen LogP contribution in [0.25, 0.3) is 0 Å². The van der Waals surface area contributed by atoms with Gasteiger partial charge in [-0.15, -0.1) is 6.42 Å². The van der Waals surface area contributed by atoms with E-state index >= 15 is 0 Å². The lowest BCUT2D eigenvalue weighted by atomic mass is 10.0. The van der Waals surface area contributed by atoms with Gasteiger partial charge in [0.15, 0.2) is 0 Å². The van der Waals surface area contributed by atoms with Crippen molar-refractivity contribution in [3.05, 3.63) is 0 Å². The van der Waals surface area contributed by atoms with Crippen LogP contribution in [0.4, 0.5) is 0 Å². The van der Waals surface area contributed by atoms with Gasteiger partial charge in [-0.2, -0.15) is 0 Å². The second-order valence-corrected chi connectivity index (χ2v) is 5.12. The first-order valence-corrected chi connectivity index (χ1v) is 6.62. The van der Waals surface area contributed by atoms with Crippen LogP contribution in [-0.4, -0.2) is 36.6 Å².